The van der Waals surface area contributed by atoms with Crippen LogP contribution < -0.4 is 16.0 Å². The molecule has 1 aromatic rings. The van der Waals surface area contributed by atoms with Crippen LogP contribution in [0.5, 0.6) is 0 Å². The first-order chi connectivity index (χ1) is 14.5. The molecule has 0 radical (unpaired) electrons. The minimum Gasteiger partial charge on any atom is -0.369 e. The molecule has 2 amide bonds. The summed E-state index contributed by atoms with van der Waals surface area (Å²) >= 11 is 0. The quantitative estimate of drug-likeness (QED) is 0.623. The van der Waals surface area contributed by atoms with E-state index < -0.39 is 0 Å². The van der Waals surface area contributed by atoms with Crippen LogP contribution in [0.15, 0.2) is 18.5 Å². The number of carbonyl (C=O) groups excluding carboxylic acids is 2. The summed E-state index contributed by atoms with van der Waals surface area (Å²) < 4.78 is 0. The highest BCUT2D eigenvalue weighted by atomic mass is 16.2. The molecule has 0 bridgehead atoms. The molecule has 1 aliphatic carbocycles. The fourth-order valence-electron chi connectivity index (χ4n) is 4.80. The number of nitrogens with one attached hydrogen (secondary N) is 1. The van der Waals surface area contributed by atoms with Crippen molar-refractivity contribution < 1.29 is 9.59 Å². The Hall–Kier alpha value is -2.22. The molecule has 2 aliphatic rings. The molecule has 166 valence electrons. The number of carbonyl (C=O) groups is 2. The number of rotatable bonds is 8. The van der Waals surface area contributed by atoms with E-state index in [0.29, 0.717) is 18.6 Å². The number of hydrogen-bond donors (Lipinski definition) is 2. The summed E-state index contributed by atoms with van der Waals surface area (Å²) in [5, 5.41) is 3.03. The van der Waals surface area contributed by atoms with Crippen molar-refractivity contribution in [1.29, 1.82) is 0 Å². The molecular formula is C22H36N6O2. The summed E-state index contributed by atoms with van der Waals surface area (Å²) in [5.41, 5.74) is 5.49. The van der Waals surface area contributed by atoms with Crippen LogP contribution in [0.25, 0.3) is 0 Å². The van der Waals surface area contributed by atoms with Gasteiger partial charge < -0.3 is 16.0 Å². The average Bonchev–Trinajstić information content (AvgIpc) is 2.76. The molecule has 30 heavy (non-hydrogen) atoms. The fraction of sp³-hybridized carbons (Fsp3) is 0.727. The molecule has 1 aromatic heterocycles. The smallest absolute Gasteiger partial charge is 0.225 e. The second-order valence-electron chi connectivity index (χ2n) is 8.79. The Morgan fingerprint density at radius 2 is 1.77 bits per heavy atom. The van der Waals surface area contributed by atoms with Crippen molar-refractivity contribution in [3.05, 3.63) is 18.5 Å². The van der Waals surface area contributed by atoms with Crippen molar-refractivity contribution in [2.75, 3.05) is 31.1 Å². The van der Waals surface area contributed by atoms with Crippen LogP contribution in [0.1, 0.15) is 52.4 Å². The van der Waals surface area contributed by atoms with Gasteiger partial charge in [0.2, 0.25) is 17.8 Å². The molecule has 1 saturated carbocycles. The van der Waals surface area contributed by atoms with Crippen molar-refractivity contribution in [3.8, 4) is 0 Å². The predicted molar refractivity (Wildman–Crippen MR) is 117 cm³/mol. The van der Waals surface area contributed by atoms with Gasteiger partial charge in [0.05, 0.1) is 0 Å². The lowest BCUT2D eigenvalue weighted by atomic mass is 9.78. The highest BCUT2D eigenvalue weighted by Gasteiger charge is 2.34. The zero-order valence-corrected chi connectivity index (χ0v) is 18.3. The normalized spacial score (nSPS) is 27.6. The number of aromatic nitrogens is 2. The maximum Gasteiger partial charge on any atom is 0.225 e. The third-order valence-electron chi connectivity index (χ3n) is 6.56. The van der Waals surface area contributed by atoms with E-state index in [-0.39, 0.29) is 23.7 Å². The average molecular weight is 417 g/mol. The lowest BCUT2D eigenvalue weighted by Crippen LogP contribution is -2.57. The Bertz CT molecular complexity index is 700. The third kappa shape index (κ3) is 5.68. The maximum absolute atomic E-state index is 12.5. The number of unbranched alkanes of at least 4 members (excludes halogenated alkanes) is 1. The summed E-state index contributed by atoms with van der Waals surface area (Å²) in [6, 6.07) is 2.63. The summed E-state index contributed by atoms with van der Waals surface area (Å²) in [4.78, 5) is 37.7. The van der Waals surface area contributed by atoms with Gasteiger partial charge in [-0.15, -0.1) is 0 Å². The van der Waals surface area contributed by atoms with Crippen LogP contribution in [0.4, 0.5) is 5.95 Å². The number of nitrogens with two attached hydrogens (primary N) is 1. The van der Waals surface area contributed by atoms with Crippen molar-refractivity contribution in [2.24, 2.45) is 17.6 Å². The summed E-state index contributed by atoms with van der Waals surface area (Å²) in [6.45, 7) is 8.03. The van der Waals surface area contributed by atoms with E-state index in [1.54, 1.807) is 12.4 Å². The van der Waals surface area contributed by atoms with E-state index in [2.05, 4.69) is 38.9 Å². The van der Waals surface area contributed by atoms with Gasteiger partial charge in [-0.05, 0) is 52.1 Å². The summed E-state index contributed by atoms with van der Waals surface area (Å²) in [7, 11) is 0. The van der Waals surface area contributed by atoms with Gasteiger partial charge >= 0.3 is 0 Å². The molecule has 2 fully saturated rings. The molecule has 3 N–H and O–H groups in total. The molecule has 1 saturated heterocycles. The second-order valence-corrected chi connectivity index (χ2v) is 8.79. The minimum atomic E-state index is -0.335. The van der Waals surface area contributed by atoms with Gasteiger partial charge in [-0.1, -0.05) is 12.8 Å². The number of anilines is 1. The Labute approximate surface area is 179 Å². The molecule has 2 heterocycles. The zero-order valence-electron chi connectivity index (χ0n) is 18.3. The molecule has 4 unspecified atom stereocenters. The van der Waals surface area contributed by atoms with Gasteiger partial charge in [0.25, 0.3) is 0 Å². The second kappa shape index (κ2) is 10.7. The van der Waals surface area contributed by atoms with Crippen LogP contribution >= 0.6 is 0 Å². The highest BCUT2D eigenvalue weighted by Crippen LogP contribution is 2.30. The van der Waals surface area contributed by atoms with Crippen LogP contribution in [0.2, 0.25) is 0 Å². The monoisotopic (exact) mass is 416 g/mol. The Morgan fingerprint density at radius 3 is 2.47 bits per heavy atom. The first-order valence-corrected chi connectivity index (χ1v) is 11.3. The molecule has 8 heteroatoms. The number of hydrogen-bond acceptors (Lipinski definition) is 6. The summed E-state index contributed by atoms with van der Waals surface area (Å²) in [5.74, 6) is -0.0810. The standard InChI is InChI=1S/C22H36N6O2/c1-16-15-28(22-25-11-7-12-26-22)17(2)14-27(16)13-6-5-10-24-21(30)19-9-4-3-8-18(19)20(23)29/h7,11-12,16-19H,3-6,8-10,13-15H2,1-2H3,(H2,23,29)(H,24,30). The number of primary amides is 1. The van der Waals surface area contributed by atoms with E-state index >= 15 is 0 Å². The van der Waals surface area contributed by atoms with Gasteiger partial charge in [-0.2, -0.15) is 0 Å². The zero-order chi connectivity index (χ0) is 21.5. The van der Waals surface area contributed by atoms with Gasteiger partial charge in [0.15, 0.2) is 0 Å². The van der Waals surface area contributed by atoms with Gasteiger partial charge in [0.1, 0.15) is 0 Å². The van der Waals surface area contributed by atoms with E-state index in [9.17, 15) is 9.59 Å². The summed E-state index contributed by atoms with van der Waals surface area (Å²) in [6.07, 6.45) is 9.04. The Morgan fingerprint density at radius 1 is 1.07 bits per heavy atom. The largest absolute Gasteiger partial charge is 0.369 e. The highest BCUT2D eigenvalue weighted by molar-refractivity contribution is 5.87. The molecule has 0 spiro atoms. The molecule has 1 aliphatic heterocycles. The van der Waals surface area contributed by atoms with Crippen LogP contribution in [0, 0.1) is 11.8 Å². The fourth-order valence-corrected chi connectivity index (χ4v) is 4.80. The first-order valence-electron chi connectivity index (χ1n) is 11.3. The van der Waals surface area contributed by atoms with Gasteiger partial charge in [-0.3, -0.25) is 14.5 Å². The van der Waals surface area contributed by atoms with E-state index in [1.807, 2.05) is 6.07 Å². The van der Waals surface area contributed by atoms with Crippen molar-refractivity contribution in [1.82, 2.24) is 20.2 Å². The lowest BCUT2D eigenvalue weighted by Gasteiger charge is -2.44. The number of amides is 2. The maximum atomic E-state index is 12.5. The van der Waals surface area contributed by atoms with E-state index in [1.165, 1.54) is 0 Å². The minimum absolute atomic E-state index is 0.00281. The molecule has 8 nitrogen and oxygen atoms in total. The molecular weight excluding hydrogens is 380 g/mol. The first kappa shape index (κ1) is 22.5. The molecule has 4 atom stereocenters. The lowest BCUT2D eigenvalue weighted by molar-refractivity contribution is -0.134. The van der Waals surface area contributed by atoms with Crippen LogP contribution in [-0.2, 0) is 9.59 Å². The van der Waals surface area contributed by atoms with Gasteiger partial charge in [0, 0.05) is 55.9 Å². The predicted octanol–water partition coefficient (Wildman–Crippen LogP) is 1.56. The molecule has 0 aromatic carbocycles. The van der Waals surface area contributed by atoms with Crippen LogP contribution in [0.3, 0.4) is 0 Å². The van der Waals surface area contributed by atoms with Crippen molar-refractivity contribution in [3.63, 3.8) is 0 Å². The Balaban J connectivity index is 1.37. The number of piperazine rings is 1. The van der Waals surface area contributed by atoms with Crippen molar-refractivity contribution in [2.45, 2.75) is 64.5 Å². The molecule has 3 rings (SSSR count). The van der Waals surface area contributed by atoms with E-state index in [0.717, 1.165) is 64.1 Å². The number of nitrogens with zero attached hydrogens (tertiary/aromatic N) is 4. The SMILES string of the molecule is CC1CN(c2ncccn2)C(C)CN1CCCCNC(=O)C1CCCCC1C(N)=O. The third-order valence-corrected chi connectivity index (χ3v) is 6.56. The van der Waals surface area contributed by atoms with Gasteiger partial charge in [-0.25, -0.2) is 9.97 Å². The van der Waals surface area contributed by atoms with Crippen molar-refractivity contribution >= 4 is 17.8 Å². The van der Waals surface area contributed by atoms with E-state index in [4.69, 9.17) is 5.73 Å². The Kier molecular flexibility index (Phi) is 8.01. The topological polar surface area (TPSA) is 104 Å². The van der Waals surface area contributed by atoms with Crippen LogP contribution in [-0.4, -0.2) is 64.9 Å².